The zero-order valence-electron chi connectivity index (χ0n) is 16.1. The topological polar surface area (TPSA) is 3.24 Å². The second-order valence-corrected chi connectivity index (χ2v) is 37.8. The van der Waals surface area contributed by atoms with Crippen molar-refractivity contribution < 1.29 is 17.4 Å². The third-order valence-electron chi connectivity index (χ3n) is 6.23. The van der Waals surface area contributed by atoms with Crippen LogP contribution in [0.4, 0.5) is 0 Å². The third kappa shape index (κ3) is 2.37. The zero-order valence-corrected chi connectivity index (χ0v) is 20.8. The van der Waals surface area contributed by atoms with Gasteiger partial charge in [0.15, 0.2) is 0 Å². The van der Waals surface area contributed by atoms with E-state index in [4.69, 9.17) is 0 Å². The molecular weight excluding hydrogens is 418 g/mol. The number of nitrogens with zero attached hydrogens (tertiary/aromatic N) is 1. The summed E-state index contributed by atoms with van der Waals surface area (Å²) < 4.78 is 8.62. The van der Waals surface area contributed by atoms with Crippen molar-refractivity contribution in [1.29, 1.82) is 0 Å². The summed E-state index contributed by atoms with van der Waals surface area (Å²) in [5, 5.41) is 0. The second kappa shape index (κ2) is 5.47. The number of hydrogen-bond donors (Lipinski definition) is 0. The number of thioether (sulfide) groups is 1. The van der Waals surface area contributed by atoms with E-state index in [0.717, 1.165) is 0 Å². The Balaban J connectivity index is 1.88. The molecule has 3 aliphatic carbocycles. The summed E-state index contributed by atoms with van der Waals surface area (Å²) in [6, 6.07) is 0.499. The number of allylic oxidation sites excluding steroid dienone is 10. The first-order valence-electron chi connectivity index (χ1n) is 8.99. The van der Waals surface area contributed by atoms with Gasteiger partial charge in [0.25, 0.3) is 0 Å². The van der Waals surface area contributed by atoms with Crippen molar-refractivity contribution >= 4 is 18.6 Å². The van der Waals surface area contributed by atoms with Crippen LogP contribution >= 0.6 is 11.8 Å². The molecule has 0 aromatic rings. The van der Waals surface area contributed by atoms with Gasteiger partial charge in [-0.05, 0) is 0 Å². The van der Waals surface area contributed by atoms with E-state index in [1.807, 2.05) is 11.8 Å². The van der Waals surface area contributed by atoms with Crippen molar-refractivity contribution in [2.45, 2.75) is 29.2 Å². The minimum absolute atomic E-state index is 0.499. The summed E-state index contributed by atoms with van der Waals surface area (Å²) >= 11 is -1.42. The van der Waals surface area contributed by atoms with Gasteiger partial charge in [0, 0.05) is 0 Å². The summed E-state index contributed by atoms with van der Waals surface area (Å²) in [4.78, 5) is 3.87. The van der Waals surface area contributed by atoms with Gasteiger partial charge < -0.3 is 0 Å². The van der Waals surface area contributed by atoms with Gasteiger partial charge in [0.05, 0.1) is 0 Å². The van der Waals surface area contributed by atoms with Crippen LogP contribution in [-0.4, -0.2) is 31.1 Å². The van der Waals surface area contributed by atoms with Crippen LogP contribution in [0.2, 0.25) is 9.26 Å². The van der Waals surface area contributed by atoms with Gasteiger partial charge in [-0.3, -0.25) is 0 Å². The molecule has 0 spiro atoms. The maximum absolute atomic E-state index is 3.31. The first-order chi connectivity index (χ1) is 11.6. The van der Waals surface area contributed by atoms with E-state index in [1.54, 1.807) is 6.56 Å². The van der Waals surface area contributed by atoms with E-state index in [-0.39, 0.29) is 0 Å². The van der Waals surface area contributed by atoms with Crippen molar-refractivity contribution in [3.63, 3.8) is 0 Å². The molecule has 4 rings (SSSR count). The summed E-state index contributed by atoms with van der Waals surface area (Å²) in [6.45, 7) is 6.98. The standard InChI is InChI=1S/C10H12N.C9H7S.2CH3.H2Si.Zr/c1-7-4-9-6-8(2)11(3)10(9)5-7;1-10-9-6-5-7-3-2-4-8(7)9;;;;/h5-6,8H,1-3H3;2-3,5-6H,1H3;2*1H3;1H2;. The monoisotopic (exact) mass is 443 g/mol. The summed E-state index contributed by atoms with van der Waals surface area (Å²) in [5.74, 6) is 0. The van der Waals surface area contributed by atoms with E-state index >= 15 is 0 Å². The van der Waals surface area contributed by atoms with Crippen LogP contribution in [0.25, 0.3) is 0 Å². The van der Waals surface area contributed by atoms with Gasteiger partial charge in [-0.2, -0.15) is 0 Å². The third-order valence-corrected chi connectivity index (χ3v) is 22.2. The average Bonchev–Trinajstić information content (AvgIpc) is 3.22. The summed E-state index contributed by atoms with van der Waals surface area (Å²) in [5.41, 5.74) is 7.42. The molecule has 25 heavy (non-hydrogen) atoms. The number of hydrogen-bond acceptors (Lipinski definition) is 2. The van der Waals surface area contributed by atoms with Crippen LogP contribution < -0.4 is 0 Å². The minimum atomic E-state index is -3.31. The van der Waals surface area contributed by atoms with Gasteiger partial charge in [-0.25, -0.2) is 0 Å². The predicted molar refractivity (Wildman–Crippen MR) is 112 cm³/mol. The first kappa shape index (κ1) is 17.8. The van der Waals surface area contributed by atoms with Gasteiger partial charge >= 0.3 is 159 Å². The molecule has 0 N–H and O–H groups in total. The first-order valence-corrected chi connectivity index (χ1v) is 23.5. The Labute approximate surface area is 158 Å². The molecule has 4 aliphatic rings. The average molecular weight is 445 g/mol. The number of likely N-dealkylation sites (N-methyl/N-ethyl adjacent to an activating group) is 1. The molecule has 4 heteroatoms. The molecule has 0 aromatic heterocycles. The molecule has 0 aromatic carbocycles. The van der Waals surface area contributed by atoms with E-state index in [0.29, 0.717) is 6.04 Å². The molecule has 0 fully saturated rings. The Morgan fingerprint density at radius 2 is 1.92 bits per heavy atom. The zero-order chi connectivity index (χ0) is 18.2. The Morgan fingerprint density at radius 1 is 1.20 bits per heavy atom. The van der Waals surface area contributed by atoms with Gasteiger partial charge in [0.2, 0.25) is 0 Å². The van der Waals surface area contributed by atoms with Crippen molar-refractivity contribution in [3.8, 4) is 0 Å². The fourth-order valence-corrected chi connectivity index (χ4v) is 21.1. The molecule has 0 saturated carbocycles. The van der Waals surface area contributed by atoms with Crippen LogP contribution in [0, 0.1) is 0 Å². The molecule has 0 saturated heterocycles. The second-order valence-electron chi connectivity index (χ2n) is 8.68. The van der Waals surface area contributed by atoms with Crippen LogP contribution in [0.1, 0.15) is 13.8 Å². The Bertz CT molecular complexity index is 991. The molecule has 1 atom stereocenters. The van der Waals surface area contributed by atoms with Crippen LogP contribution in [0.3, 0.4) is 0 Å². The summed E-state index contributed by atoms with van der Waals surface area (Å²) in [6.07, 6.45) is 16.5. The fraction of sp³-hybridized carbons (Fsp3) is 0.333. The normalized spacial score (nSPS) is 25.4. The van der Waals surface area contributed by atoms with E-state index in [1.165, 1.54) is 32.9 Å². The van der Waals surface area contributed by atoms with Crippen molar-refractivity contribution in [2.24, 2.45) is 0 Å². The number of fused-ring (bicyclic) bond motifs is 2. The number of rotatable bonds is 3. The van der Waals surface area contributed by atoms with Crippen LogP contribution in [0.5, 0.6) is 0 Å². The molecule has 0 radical (unpaired) electrons. The molecule has 1 aliphatic heterocycles. The maximum atomic E-state index is 2.63. The molecule has 0 bridgehead atoms. The molecule has 1 nitrogen and oxygen atoms in total. The van der Waals surface area contributed by atoms with E-state index < -0.39 is 17.4 Å². The molecule has 1 heterocycles. The Kier molecular flexibility index (Phi) is 3.90. The van der Waals surface area contributed by atoms with Crippen LogP contribution in [0.15, 0.2) is 75.9 Å². The Morgan fingerprint density at radius 3 is 2.60 bits per heavy atom. The molecule has 0 amide bonds. The van der Waals surface area contributed by atoms with Gasteiger partial charge in [-0.1, -0.05) is 0 Å². The quantitative estimate of drug-likeness (QED) is 0.577. The fourth-order valence-electron chi connectivity index (χ4n) is 4.92. The predicted octanol–water partition coefficient (Wildman–Crippen LogP) is 4.76. The van der Waals surface area contributed by atoms with Gasteiger partial charge in [0.1, 0.15) is 0 Å². The van der Waals surface area contributed by atoms with Crippen molar-refractivity contribution in [3.05, 3.63) is 75.9 Å². The summed E-state index contributed by atoms with van der Waals surface area (Å²) in [7, 11) is 2.23. The Hall–Kier alpha value is -0.570. The van der Waals surface area contributed by atoms with Crippen molar-refractivity contribution in [2.75, 3.05) is 13.3 Å². The van der Waals surface area contributed by atoms with Crippen molar-refractivity contribution in [1.82, 2.24) is 4.90 Å². The van der Waals surface area contributed by atoms with Gasteiger partial charge in [-0.15, -0.1) is 0 Å². The van der Waals surface area contributed by atoms with Crippen LogP contribution in [-0.2, 0) is 17.4 Å². The van der Waals surface area contributed by atoms with E-state index in [2.05, 4.69) is 84.6 Å². The molecule has 1 unspecified atom stereocenters. The molecule has 130 valence electrons. The molecular formula is C21H27NSSiZr. The van der Waals surface area contributed by atoms with E-state index in [9.17, 15) is 0 Å². The SMILES string of the molecule is CSC1=C2C(=CC=[C]2[Zr]([CH3])([CH3])(=[SiH2])[C]2=C(C)C=C3C2=CC(C)N3C)C=C1.